The van der Waals surface area contributed by atoms with E-state index >= 15 is 0 Å². The summed E-state index contributed by atoms with van der Waals surface area (Å²) in [4.78, 5) is 34.0. The maximum absolute atomic E-state index is 13.9. The van der Waals surface area contributed by atoms with Crippen molar-refractivity contribution < 1.29 is 17.9 Å². The first-order valence-corrected chi connectivity index (χ1v) is 12.9. The number of ether oxygens (including phenoxy) is 1. The largest absolute Gasteiger partial charge is 0.573 e. The molecule has 3 heterocycles. The number of alkyl halides is 3. The van der Waals surface area contributed by atoms with Crippen molar-refractivity contribution >= 4 is 39.7 Å². The summed E-state index contributed by atoms with van der Waals surface area (Å²) in [5.41, 5.74) is 0.630. The minimum absolute atomic E-state index is 0.229. The standard InChI is InChI=1S/C25H24F3IN6O3/c1-32-21-20(22(36)35(24(32)37)14-16-5-4-7-18(13-16)38-25(26,27)28)34(15-17-6-2-3-8-19(17)29)23(31-21)33-11-9-30-10-12-33/h2-8,13,30H,9-12,14-15H2,1H3. The van der Waals surface area contributed by atoms with E-state index in [4.69, 9.17) is 4.98 Å². The van der Waals surface area contributed by atoms with Gasteiger partial charge in [-0.25, -0.2) is 4.79 Å². The Morgan fingerprint density at radius 1 is 1.03 bits per heavy atom. The van der Waals surface area contributed by atoms with Crippen LogP contribution in [0.1, 0.15) is 11.1 Å². The second kappa shape index (κ2) is 10.4. The molecule has 0 unspecified atom stereocenters. The average molecular weight is 640 g/mol. The number of rotatable bonds is 6. The van der Waals surface area contributed by atoms with Gasteiger partial charge in [0, 0.05) is 36.8 Å². The molecular formula is C25H24F3IN6O3. The van der Waals surface area contributed by atoms with Crippen LogP contribution in [0.2, 0.25) is 0 Å². The van der Waals surface area contributed by atoms with E-state index in [1.807, 2.05) is 28.8 Å². The molecule has 38 heavy (non-hydrogen) atoms. The number of aryl methyl sites for hydroxylation is 1. The van der Waals surface area contributed by atoms with Gasteiger partial charge >= 0.3 is 12.1 Å². The van der Waals surface area contributed by atoms with Crippen molar-refractivity contribution in [1.82, 2.24) is 24.0 Å². The van der Waals surface area contributed by atoms with E-state index in [-0.39, 0.29) is 17.7 Å². The van der Waals surface area contributed by atoms with Crippen LogP contribution in [0, 0.1) is 3.57 Å². The highest BCUT2D eigenvalue weighted by molar-refractivity contribution is 14.1. The molecule has 5 rings (SSSR count). The third kappa shape index (κ3) is 5.29. The van der Waals surface area contributed by atoms with Gasteiger partial charge in [-0.05, 0) is 51.9 Å². The number of aromatic nitrogens is 4. The van der Waals surface area contributed by atoms with E-state index in [9.17, 15) is 22.8 Å². The predicted molar refractivity (Wildman–Crippen MR) is 145 cm³/mol. The number of nitrogens with one attached hydrogen (secondary N) is 1. The number of anilines is 1. The quantitative estimate of drug-likeness (QED) is 0.327. The number of fused-ring (bicyclic) bond motifs is 1. The zero-order valence-corrected chi connectivity index (χ0v) is 22.5. The molecule has 2 aromatic heterocycles. The van der Waals surface area contributed by atoms with Crippen LogP contribution in [0.3, 0.4) is 0 Å². The summed E-state index contributed by atoms with van der Waals surface area (Å²) in [5, 5.41) is 3.30. The number of imidazole rings is 1. The predicted octanol–water partition coefficient (Wildman–Crippen LogP) is 2.91. The lowest BCUT2D eigenvalue weighted by atomic mass is 10.2. The third-order valence-electron chi connectivity index (χ3n) is 6.37. The monoisotopic (exact) mass is 640 g/mol. The molecule has 0 saturated carbocycles. The second-order valence-corrected chi connectivity index (χ2v) is 10.1. The van der Waals surface area contributed by atoms with Crippen molar-refractivity contribution in [3.05, 3.63) is 84.1 Å². The number of hydrogen-bond donors (Lipinski definition) is 1. The fourth-order valence-corrected chi connectivity index (χ4v) is 5.13. The summed E-state index contributed by atoms with van der Waals surface area (Å²) in [6.45, 7) is 3.01. The minimum atomic E-state index is -4.85. The Bertz CT molecular complexity index is 1600. The Balaban J connectivity index is 1.66. The van der Waals surface area contributed by atoms with Crippen molar-refractivity contribution in [2.24, 2.45) is 7.05 Å². The molecule has 1 saturated heterocycles. The Kier molecular flexibility index (Phi) is 7.22. The number of halogens is 4. The van der Waals surface area contributed by atoms with Crippen LogP contribution in [-0.4, -0.2) is 51.2 Å². The Hall–Kier alpha value is -3.33. The third-order valence-corrected chi connectivity index (χ3v) is 7.42. The van der Waals surface area contributed by atoms with Gasteiger partial charge in [0.2, 0.25) is 5.95 Å². The number of nitrogens with zero attached hydrogens (tertiary/aromatic N) is 5. The summed E-state index contributed by atoms with van der Waals surface area (Å²) >= 11 is 2.24. The van der Waals surface area contributed by atoms with E-state index in [2.05, 4.69) is 37.5 Å². The van der Waals surface area contributed by atoms with Gasteiger partial charge in [0.1, 0.15) is 5.75 Å². The van der Waals surface area contributed by atoms with Crippen LogP contribution >= 0.6 is 22.6 Å². The highest BCUT2D eigenvalue weighted by atomic mass is 127. The normalized spacial score (nSPS) is 14.3. The molecule has 1 N–H and O–H groups in total. The Morgan fingerprint density at radius 2 is 1.76 bits per heavy atom. The second-order valence-electron chi connectivity index (χ2n) is 8.93. The molecule has 1 aliphatic rings. The number of hydrogen-bond acceptors (Lipinski definition) is 6. The fraction of sp³-hybridized carbons (Fsp3) is 0.320. The topological polar surface area (TPSA) is 86.3 Å². The average Bonchev–Trinajstić information content (AvgIpc) is 3.26. The zero-order valence-electron chi connectivity index (χ0n) is 20.3. The smallest absolute Gasteiger partial charge is 0.406 e. The van der Waals surface area contributed by atoms with Gasteiger partial charge in [0.25, 0.3) is 5.56 Å². The molecule has 1 fully saturated rings. The summed E-state index contributed by atoms with van der Waals surface area (Å²) in [7, 11) is 1.54. The zero-order chi connectivity index (χ0) is 27.0. The van der Waals surface area contributed by atoms with Crippen LogP contribution in [0.5, 0.6) is 5.75 Å². The summed E-state index contributed by atoms with van der Waals surface area (Å²) in [5.74, 6) is 0.164. The molecule has 4 aromatic rings. The molecule has 0 spiro atoms. The molecule has 2 aromatic carbocycles. The Labute approximate surface area is 228 Å². The van der Waals surface area contributed by atoms with Crippen molar-refractivity contribution in [1.29, 1.82) is 0 Å². The van der Waals surface area contributed by atoms with Gasteiger partial charge in [-0.15, -0.1) is 13.2 Å². The first-order chi connectivity index (χ1) is 18.1. The Morgan fingerprint density at radius 3 is 2.47 bits per heavy atom. The van der Waals surface area contributed by atoms with Gasteiger partial charge in [-0.3, -0.25) is 18.5 Å². The number of benzene rings is 2. The highest BCUT2D eigenvalue weighted by Crippen LogP contribution is 2.25. The van der Waals surface area contributed by atoms with Crippen molar-refractivity contribution in [3.63, 3.8) is 0 Å². The van der Waals surface area contributed by atoms with E-state index < -0.39 is 23.4 Å². The van der Waals surface area contributed by atoms with Crippen LogP contribution < -0.4 is 26.2 Å². The summed E-state index contributed by atoms with van der Waals surface area (Å²) < 4.78 is 47.3. The maximum atomic E-state index is 13.9. The van der Waals surface area contributed by atoms with E-state index in [0.717, 1.165) is 32.9 Å². The molecule has 0 radical (unpaired) electrons. The van der Waals surface area contributed by atoms with Crippen LogP contribution in [-0.2, 0) is 20.1 Å². The molecule has 0 atom stereocenters. The lowest BCUT2D eigenvalue weighted by Crippen LogP contribution is -2.44. The van der Waals surface area contributed by atoms with Gasteiger partial charge in [0.05, 0.1) is 13.1 Å². The molecule has 0 aliphatic carbocycles. The van der Waals surface area contributed by atoms with E-state index in [1.165, 1.54) is 29.8 Å². The summed E-state index contributed by atoms with van der Waals surface area (Å²) in [6.07, 6.45) is -4.85. The molecule has 13 heteroatoms. The molecular weight excluding hydrogens is 616 g/mol. The van der Waals surface area contributed by atoms with Crippen LogP contribution in [0.25, 0.3) is 11.2 Å². The molecule has 0 bridgehead atoms. The van der Waals surface area contributed by atoms with Crippen molar-refractivity contribution in [2.45, 2.75) is 19.5 Å². The van der Waals surface area contributed by atoms with E-state index in [1.54, 1.807) is 0 Å². The van der Waals surface area contributed by atoms with Crippen molar-refractivity contribution in [3.8, 4) is 5.75 Å². The maximum Gasteiger partial charge on any atom is 0.573 e. The minimum Gasteiger partial charge on any atom is -0.406 e. The molecule has 200 valence electrons. The number of piperazine rings is 1. The van der Waals surface area contributed by atoms with Gasteiger partial charge in [0.15, 0.2) is 11.2 Å². The highest BCUT2D eigenvalue weighted by Gasteiger charge is 2.31. The van der Waals surface area contributed by atoms with E-state index in [0.29, 0.717) is 31.1 Å². The lowest BCUT2D eigenvalue weighted by Gasteiger charge is -2.28. The fourth-order valence-electron chi connectivity index (χ4n) is 4.58. The summed E-state index contributed by atoms with van der Waals surface area (Å²) in [6, 6.07) is 13.1. The van der Waals surface area contributed by atoms with Crippen LogP contribution in [0.15, 0.2) is 58.1 Å². The van der Waals surface area contributed by atoms with Gasteiger partial charge in [-0.2, -0.15) is 4.98 Å². The molecule has 9 nitrogen and oxygen atoms in total. The first kappa shape index (κ1) is 26.3. The molecule has 0 amide bonds. The molecule has 1 aliphatic heterocycles. The SMILES string of the molecule is Cn1c(=O)n(Cc2cccc(OC(F)(F)F)c2)c(=O)c2c1nc(N1CCNCC1)n2Cc1ccccc1I. The van der Waals surface area contributed by atoms with Gasteiger partial charge < -0.3 is 15.0 Å². The van der Waals surface area contributed by atoms with Crippen LogP contribution in [0.4, 0.5) is 19.1 Å². The van der Waals surface area contributed by atoms with Gasteiger partial charge in [-0.1, -0.05) is 30.3 Å². The lowest BCUT2D eigenvalue weighted by molar-refractivity contribution is -0.274. The van der Waals surface area contributed by atoms with Crippen molar-refractivity contribution in [2.75, 3.05) is 31.1 Å². The first-order valence-electron chi connectivity index (χ1n) is 11.9.